The number of hydrogen-bond acceptors (Lipinski definition) is 2. The van der Waals surface area contributed by atoms with Crippen LogP contribution in [0.4, 0.5) is 4.39 Å². The van der Waals surface area contributed by atoms with E-state index in [1.54, 1.807) is 12.1 Å². The highest BCUT2D eigenvalue weighted by Crippen LogP contribution is 2.31. The zero-order chi connectivity index (χ0) is 17.6. The molecule has 2 aromatic carbocycles. The molecule has 0 saturated carbocycles. The number of halogens is 1. The first kappa shape index (κ1) is 17.2. The first-order valence-corrected chi connectivity index (χ1v) is 8.42. The van der Waals surface area contributed by atoms with Crippen LogP contribution in [0.3, 0.4) is 0 Å². The number of aryl methyl sites for hydroxylation is 1. The number of hydrogen-bond donors (Lipinski definition) is 3. The lowest BCUT2D eigenvalue weighted by Gasteiger charge is -2.07. The molecule has 0 spiro atoms. The van der Waals surface area contributed by atoms with Gasteiger partial charge in [0, 0.05) is 36.2 Å². The lowest BCUT2D eigenvalue weighted by atomic mass is 10.0. The Morgan fingerprint density at radius 1 is 1.12 bits per heavy atom. The summed E-state index contributed by atoms with van der Waals surface area (Å²) < 4.78 is 13.2. The summed E-state index contributed by atoms with van der Waals surface area (Å²) in [6.07, 6.45) is 1.50. The third kappa shape index (κ3) is 4.06. The molecule has 0 saturated heterocycles. The van der Waals surface area contributed by atoms with E-state index in [1.165, 1.54) is 12.1 Å². The van der Waals surface area contributed by atoms with Crippen molar-refractivity contribution in [1.82, 2.24) is 10.3 Å². The molecule has 1 heterocycles. The van der Waals surface area contributed by atoms with Crippen LogP contribution in [0.5, 0.6) is 0 Å². The molecule has 3 N–H and O–H groups in total. The van der Waals surface area contributed by atoms with Gasteiger partial charge in [-0.1, -0.05) is 18.2 Å². The summed E-state index contributed by atoms with van der Waals surface area (Å²) in [5, 5.41) is 12.7. The molecule has 0 aliphatic rings. The summed E-state index contributed by atoms with van der Waals surface area (Å²) in [5.74, 6) is -0.312. The Balaban J connectivity index is 1.86. The van der Waals surface area contributed by atoms with E-state index in [4.69, 9.17) is 5.11 Å². The number of H-pyrrole nitrogens is 1. The first-order valence-electron chi connectivity index (χ1n) is 8.42. The van der Waals surface area contributed by atoms with Crippen LogP contribution in [0.2, 0.25) is 0 Å². The van der Waals surface area contributed by atoms with Crippen LogP contribution in [-0.2, 0) is 11.2 Å². The highest BCUT2D eigenvalue weighted by molar-refractivity contribution is 5.91. The Labute approximate surface area is 145 Å². The third-order valence-electron chi connectivity index (χ3n) is 4.21. The number of carbonyl (C=O) groups excluding carboxylic acids is 1. The van der Waals surface area contributed by atoms with Crippen molar-refractivity contribution in [2.45, 2.75) is 19.3 Å². The van der Waals surface area contributed by atoms with Crippen molar-refractivity contribution in [1.29, 1.82) is 0 Å². The summed E-state index contributed by atoms with van der Waals surface area (Å²) in [4.78, 5) is 15.4. The van der Waals surface area contributed by atoms with E-state index >= 15 is 0 Å². The number of carbonyl (C=O) groups is 1. The van der Waals surface area contributed by atoms with Crippen molar-refractivity contribution >= 4 is 16.8 Å². The number of amides is 1. The summed E-state index contributed by atoms with van der Waals surface area (Å²) in [7, 11) is 0. The van der Waals surface area contributed by atoms with Crippen LogP contribution in [0.15, 0.2) is 48.5 Å². The van der Waals surface area contributed by atoms with Gasteiger partial charge in [0.05, 0.1) is 0 Å². The van der Waals surface area contributed by atoms with Gasteiger partial charge in [-0.05, 0) is 54.3 Å². The normalized spacial score (nSPS) is 11.0. The fourth-order valence-electron chi connectivity index (χ4n) is 2.96. The van der Waals surface area contributed by atoms with Gasteiger partial charge in [0.15, 0.2) is 0 Å². The molecule has 1 aromatic heterocycles. The van der Waals surface area contributed by atoms with Crippen molar-refractivity contribution in [3.63, 3.8) is 0 Å². The quantitative estimate of drug-likeness (QED) is 0.577. The molecule has 3 aromatic rings. The van der Waals surface area contributed by atoms with Gasteiger partial charge in [0.2, 0.25) is 5.91 Å². The van der Waals surface area contributed by atoms with Crippen molar-refractivity contribution in [2.24, 2.45) is 0 Å². The smallest absolute Gasteiger partial charge is 0.220 e. The number of aliphatic hydroxyl groups excluding tert-OH is 1. The largest absolute Gasteiger partial charge is 0.396 e. The van der Waals surface area contributed by atoms with Crippen LogP contribution < -0.4 is 5.32 Å². The fourth-order valence-corrected chi connectivity index (χ4v) is 2.96. The molecule has 0 aliphatic carbocycles. The molecule has 0 fully saturated rings. The molecule has 0 atom stereocenters. The second kappa shape index (κ2) is 7.94. The Morgan fingerprint density at radius 3 is 2.64 bits per heavy atom. The molecule has 5 heteroatoms. The van der Waals surface area contributed by atoms with Crippen molar-refractivity contribution in [3.8, 4) is 11.3 Å². The topological polar surface area (TPSA) is 65.1 Å². The Kier molecular flexibility index (Phi) is 5.46. The second-order valence-electron chi connectivity index (χ2n) is 5.96. The Bertz CT molecular complexity index is 856. The molecular formula is C20H21FN2O2. The fraction of sp³-hybridized carbons (Fsp3) is 0.250. The number of aliphatic hydroxyl groups is 1. The number of para-hydroxylation sites is 1. The predicted octanol–water partition coefficient (Wildman–Crippen LogP) is 3.41. The van der Waals surface area contributed by atoms with E-state index in [0.717, 1.165) is 27.7 Å². The summed E-state index contributed by atoms with van der Waals surface area (Å²) in [6.45, 7) is 0.547. The van der Waals surface area contributed by atoms with Crippen molar-refractivity contribution in [2.75, 3.05) is 13.2 Å². The highest BCUT2D eigenvalue weighted by Gasteiger charge is 2.14. The highest BCUT2D eigenvalue weighted by atomic mass is 19.1. The number of benzene rings is 2. The maximum absolute atomic E-state index is 13.2. The van der Waals surface area contributed by atoms with E-state index in [1.807, 2.05) is 24.3 Å². The van der Waals surface area contributed by atoms with Gasteiger partial charge in [0.1, 0.15) is 5.82 Å². The van der Waals surface area contributed by atoms with Gasteiger partial charge in [-0.2, -0.15) is 0 Å². The van der Waals surface area contributed by atoms with E-state index in [9.17, 15) is 9.18 Å². The zero-order valence-electron chi connectivity index (χ0n) is 13.9. The summed E-state index contributed by atoms with van der Waals surface area (Å²) >= 11 is 0. The molecule has 1 amide bonds. The standard InChI is InChI=1S/C20H21FN2O2/c21-15-8-6-14(7-9-15)20-17(10-11-19(25)22-12-3-13-24)16-4-1-2-5-18(16)23-20/h1-2,4-9,23-24H,3,10-13H2,(H,22,25). The van der Waals surface area contributed by atoms with Crippen LogP contribution in [0.25, 0.3) is 22.2 Å². The van der Waals surface area contributed by atoms with Gasteiger partial charge in [-0.3, -0.25) is 4.79 Å². The average molecular weight is 340 g/mol. The number of aromatic nitrogens is 1. The van der Waals surface area contributed by atoms with Crippen molar-refractivity contribution in [3.05, 3.63) is 59.9 Å². The van der Waals surface area contributed by atoms with E-state index in [-0.39, 0.29) is 18.3 Å². The number of fused-ring (bicyclic) bond motifs is 1. The first-order chi connectivity index (χ1) is 12.2. The molecule has 0 radical (unpaired) electrons. The lowest BCUT2D eigenvalue weighted by molar-refractivity contribution is -0.121. The molecule has 25 heavy (non-hydrogen) atoms. The van der Waals surface area contributed by atoms with E-state index < -0.39 is 0 Å². The van der Waals surface area contributed by atoms with Gasteiger partial charge < -0.3 is 15.4 Å². The monoisotopic (exact) mass is 340 g/mol. The third-order valence-corrected chi connectivity index (χ3v) is 4.21. The Hall–Kier alpha value is -2.66. The number of aromatic amines is 1. The van der Waals surface area contributed by atoms with Crippen molar-refractivity contribution < 1.29 is 14.3 Å². The van der Waals surface area contributed by atoms with E-state index in [0.29, 0.717) is 25.8 Å². The summed E-state index contributed by atoms with van der Waals surface area (Å²) in [6, 6.07) is 14.3. The minimum absolute atomic E-state index is 0.0382. The van der Waals surface area contributed by atoms with Gasteiger partial charge in [-0.15, -0.1) is 0 Å². The number of rotatable bonds is 7. The molecule has 0 unspecified atom stereocenters. The van der Waals surface area contributed by atoms with Crippen LogP contribution >= 0.6 is 0 Å². The predicted molar refractivity (Wildman–Crippen MR) is 96.7 cm³/mol. The zero-order valence-corrected chi connectivity index (χ0v) is 13.9. The second-order valence-corrected chi connectivity index (χ2v) is 5.96. The van der Waals surface area contributed by atoms with Gasteiger partial charge >= 0.3 is 0 Å². The molecular weight excluding hydrogens is 319 g/mol. The molecule has 0 aliphatic heterocycles. The molecule has 3 rings (SSSR count). The minimum Gasteiger partial charge on any atom is -0.396 e. The number of nitrogens with one attached hydrogen (secondary N) is 2. The molecule has 130 valence electrons. The maximum Gasteiger partial charge on any atom is 0.220 e. The molecule has 4 nitrogen and oxygen atoms in total. The Morgan fingerprint density at radius 2 is 1.88 bits per heavy atom. The molecule has 0 bridgehead atoms. The van der Waals surface area contributed by atoms with E-state index in [2.05, 4.69) is 10.3 Å². The summed E-state index contributed by atoms with van der Waals surface area (Å²) in [5.41, 5.74) is 3.87. The van der Waals surface area contributed by atoms with Crippen LogP contribution in [-0.4, -0.2) is 29.1 Å². The van der Waals surface area contributed by atoms with Crippen LogP contribution in [0, 0.1) is 5.82 Å². The lowest BCUT2D eigenvalue weighted by Crippen LogP contribution is -2.25. The minimum atomic E-state index is -0.273. The van der Waals surface area contributed by atoms with Crippen LogP contribution in [0.1, 0.15) is 18.4 Å². The maximum atomic E-state index is 13.2. The van der Waals surface area contributed by atoms with Gasteiger partial charge in [-0.25, -0.2) is 4.39 Å². The van der Waals surface area contributed by atoms with Gasteiger partial charge in [0.25, 0.3) is 0 Å². The average Bonchev–Trinajstić information content (AvgIpc) is 2.99. The SMILES string of the molecule is O=C(CCc1c(-c2ccc(F)cc2)[nH]c2ccccc12)NCCCO.